The van der Waals surface area contributed by atoms with Crippen LogP contribution in [0.3, 0.4) is 0 Å². The van der Waals surface area contributed by atoms with Gasteiger partial charge in [-0.2, -0.15) is 0 Å². The second-order valence-electron chi connectivity index (χ2n) is 6.89. The van der Waals surface area contributed by atoms with Crippen LogP contribution in [0.25, 0.3) is 0 Å². The molecule has 0 aliphatic carbocycles. The van der Waals surface area contributed by atoms with Gasteiger partial charge in [0.1, 0.15) is 11.9 Å². The Bertz CT molecular complexity index is 607. The van der Waals surface area contributed by atoms with Crippen molar-refractivity contribution in [2.45, 2.75) is 46.6 Å². The number of Topliss-reactive ketones (excluding diaryl/α,β-unsaturated/α-hetero) is 1. The Kier molecular flexibility index (Phi) is 4.87. The largest absolute Gasteiger partial charge is 0.346 e. The van der Waals surface area contributed by atoms with Crippen molar-refractivity contribution in [3.63, 3.8) is 0 Å². The molecule has 1 unspecified atom stereocenters. The van der Waals surface area contributed by atoms with Crippen LogP contribution in [0.1, 0.15) is 49.5 Å². The van der Waals surface area contributed by atoms with Crippen LogP contribution in [0.15, 0.2) is 11.2 Å². The zero-order valence-electron chi connectivity index (χ0n) is 13.9. The van der Waals surface area contributed by atoms with Crippen molar-refractivity contribution in [2.24, 2.45) is 10.4 Å². The van der Waals surface area contributed by atoms with Crippen LogP contribution in [-0.4, -0.2) is 41.0 Å². The SMILES string of the molecule is C#CC(/C=N\c1[nH]cc(C(=O)C(C)(C)C)c1C)N1CCCC1. The maximum atomic E-state index is 12.4. The number of aromatic nitrogens is 1. The molecule has 1 aliphatic heterocycles. The Balaban J connectivity index is 2.17. The van der Waals surface area contributed by atoms with Crippen molar-refractivity contribution in [3.8, 4) is 12.3 Å². The Labute approximate surface area is 133 Å². The molecular weight excluding hydrogens is 274 g/mol. The summed E-state index contributed by atoms with van der Waals surface area (Å²) in [5.41, 5.74) is 1.19. The number of ketones is 1. The van der Waals surface area contributed by atoms with Crippen LogP contribution in [0, 0.1) is 24.7 Å². The molecule has 2 rings (SSSR count). The summed E-state index contributed by atoms with van der Waals surface area (Å²) < 4.78 is 0. The van der Waals surface area contributed by atoms with Gasteiger partial charge in [-0.25, -0.2) is 4.99 Å². The molecule has 0 bridgehead atoms. The number of aliphatic imine (C=N–C) groups is 1. The van der Waals surface area contributed by atoms with Gasteiger partial charge < -0.3 is 4.98 Å². The Morgan fingerprint density at radius 3 is 2.64 bits per heavy atom. The zero-order valence-corrected chi connectivity index (χ0v) is 13.9. The highest BCUT2D eigenvalue weighted by molar-refractivity contribution is 6.02. The Hall–Kier alpha value is -1.86. The van der Waals surface area contributed by atoms with E-state index in [-0.39, 0.29) is 11.8 Å². The number of likely N-dealkylation sites (tertiary alicyclic amines) is 1. The number of hydrogen-bond acceptors (Lipinski definition) is 3. The smallest absolute Gasteiger partial charge is 0.170 e. The molecule has 1 aromatic rings. The standard InChI is InChI=1S/C18H25N3O/c1-6-14(21-9-7-8-10-21)11-19-17-13(2)15(12-20-17)16(22)18(3,4)5/h1,11-12,14,20H,7-10H2,2-5H3/b19-11-. The van der Waals surface area contributed by atoms with E-state index in [0.29, 0.717) is 11.4 Å². The van der Waals surface area contributed by atoms with Crippen LogP contribution in [0.5, 0.6) is 0 Å². The third-order valence-corrected chi connectivity index (χ3v) is 4.09. The number of carbonyl (C=O) groups is 1. The molecule has 0 aromatic carbocycles. The van der Waals surface area contributed by atoms with Gasteiger partial charge in [0.25, 0.3) is 0 Å². The number of aromatic amines is 1. The van der Waals surface area contributed by atoms with Crippen LogP contribution in [0.2, 0.25) is 0 Å². The van der Waals surface area contributed by atoms with Crippen LogP contribution < -0.4 is 0 Å². The molecule has 2 heterocycles. The number of nitrogens with one attached hydrogen (secondary N) is 1. The van der Waals surface area contributed by atoms with E-state index in [4.69, 9.17) is 6.42 Å². The normalized spacial score (nSPS) is 17.8. The van der Waals surface area contributed by atoms with E-state index >= 15 is 0 Å². The lowest BCUT2D eigenvalue weighted by molar-refractivity contribution is 0.0858. The summed E-state index contributed by atoms with van der Waals surface area (Å²) in [5, 5.41) is 0. The summed E-state index contributed by atoms with van der Waals surface area (Å²) in [5.74, 6) is 3.62. The molecule has 1 atom stereocenters. The minimum absolute atomic E-state index is 0.0769. The molecule has 118 valence electrons. The van der Waals surface area contributed by atoms with Gasteiger partial charge in [-0.15, -0.1) is 6.42 Å². The summed E-state index contributed by atoms with van der Waals surface area (Å²) in [4.78, 5) is 22.2. The maximum absolute atomic E-state index is 12.4. The van der Waals surface area contributed by atoms with Crippen molar-refractivity contribution in [1.29, 1.82) is 0 Å². The summed E-state index contributed by atoms with van der Waals surface area (Å²) in [6.45, 7) is 9.74. The molecule has 1 fully saturated rings. The van der Waals surface area contributed by atoms with E-state index in [0.717, 1.165) is 18.7 Å². The molecule has 1 saturated heterocycles. The number of hydrogen-bond donors (Lipinski definition) is 1. The van der Waals surface area contributed by atoms with Gasteiger partial charge in [-0.3, -0.25) is 9.69 Å². The van der Waals surface area contributed by atoms with Crippen molar-refractivity contribution >= 4 is 17.8 Å². The molecule has 1 aliphatic rings. The molecule has 4 heteroatoms. The summed E-state index contributed by atoms with van der Waals surface area (Å²) in [6.07, 6.45) is 11.6. The van der Waals surface area contributed by atoms with E-state index in [1.54, 1.807) is 12.4 Å². The van der Waals surface area contributed by atoms with Gasteiger partial charge in [-0.05, 0) is 32.9 Å². The molecular formula is C18H25N3O. The first-order valence-electron chi connectivity index (χ1n) is 7.81. The van der Waals surface area contributed by atoms with Crippen molar-refractivity contribution in [3.05, 3.63) is 17.3 Å². The van der Waals surface area contributed by atoms with Crippen molar-refractivity contribution in [2.75, 3.05) is 13.1 Å². The van der Waals surface area contributed by atoms with Gasteiger partial charge in [0.05, 0.1) is 0 Å². The highest BCUT2D eigenvalue weighted by Gasteiger charge is 2.26. The first-order valence-corrected chi connectivity index (χ1v) is 7.81. The topological polar surface area (TPSA) is 48.5 Å². The fraction of sp³-hybridized carbons (Fsp3) is 0.556. The van der Waals surface area contributed by atoms with Gasteiger partial charge in [0.2, 0.25) is 0 Å². The maximum Gasteiger partial charge on any atom is 0.170 e. The summed E-state index contributed by atoms with van der Waals surface area (Å²) in [6, 6.07) is -0.0769. The summed E-state index contributed by atoms with van der Waals surface area (Å²) in [7, 11) is 0. The number of carbonyl (C=O) groups excluding carboxylic acids is 1. The Morgan fingerprint density at radius 2 is 2.09 bits per heavy atom. The van der Waals surface area contributed by atoms with Gasteiger partial charge >= 0.3 is 0 Å². The van der Waals surface area contributed by atoms with Crippen molar-refractivity contribution < 1.29 is 4.79 Å². The fourth-order valence-electron chi connectivity index (χ4n) is 2.67. The number of rotatable bonds is 4. The third-order valence-electron chi connectivity index (χ3n) is 4.09. The van der Waals surface area contributed by atoms with Crippen LogP contribution in [0.4, 0.5) is 5.82 Å². The molecule has 4 nitrogen and oxygen atoms in total. The molecule has 0 spiro atoms. The Morgan fingerprint density at radius 1 is 1.45 bits per heavy atom. The van der Waals surface area contributed by atoms with Crippen LogP contribution in [-0.2, 0) is 0 Å². The highest BCUT2D eigenvalue weighted by Crippen LogP contribution is 2.27. The minimum atomic E-state index is -0.398. The lowest BCUT2D eigenvalue weighted by Crippen LogP contribution is -2.32. The van der Waals surface area contributed by atoms with E-state index in [2.05, 4.69) is 20.8 Å². The predicted molar refractivity (Wildman–Crippen MR) is 90.9 cm³/mol. The molecule has 1 N–H and O–H groups in total. The molecule has 0 saturated carbocycles. The van der Waals surface area contributed by atoms with E-state index in [1.807, 2.05) is 27.7 Å². The molecule has 22 heavy (non-hydrogen) atoms. The second-order valence-corrected chi connectivity index (χ2v) is 6.89. The first-order chi connectivity index (χ1) is 10.3. The minimum Gasteiger partial charge on any atom is -0.346 e. The first kappa shape index (κ1) is 16.5. The lowest BCUT2D eigenvalue weighted by atomic mass is 9.86. The average molecular weight is 299 g/mol. The average Bonchev–Trinajstić information content (AvgIpc) is 3.09. The quantitative estimate of drug-likeness (QED) is 0.526. The second kappa shape index (κ2) is 6.50. The highest BCUT2D eigenvalue weighted by atomic mass is 16.1. The molecule has 1 aromatic heterocycles. The van der Waals surface area contributed by atoms with Gasteiger partial charge in [-0.1, -0.05) is 26.7 Å². The number of nitrogens with zero attached hydrogens (tertiary/aromatic N) is 2. The van der Waals surface area contributed by atoms with Crippen LogP contribution >= 0.6 is 0 Å². The lowest BCUT2D eigenvalue weighted by Gasteiger charge is -2.18. The van der Waals surface area contributed by atoms with Gasteiger partial charge in [0, 0.05) is 29.0 Å². The number of terminal acetylenes is 1. The number of H-pyrrole nitrogens is 1. The molecule has 0 amide bonds. The monoisotopic (exact) mass is 299 g/mol. The third kappa shape index (κ3) is 3.48. The summed E-state index contributed by atoms with van der Waals surface area (Å²) >= 11 is 0. The van der Waals surface area contributed by atoms with E-state index in [1.165, 1.54) is 12.8 Å². The molecule has 0 radical (unpaired) electrons. The van der Waals surface area contributed by atoms with E-state index < -0.39 is 5.41 Å². The van der Waals surface area contributed by atoms with E-state index in [9.17, 15) is 4.79 Å². The predicted octanol–water partition coefficient (Wildman–Crippen LogP) is 3.35. The zero-order chi connectivity index (χ0) is 16.3. The van der Waals surface area contributed by atoms with Crippen molar-refractivity contribution in [1.82, 2.24) is 9.88 Å². The van der Waals surface area contributed by atoms with Gasteiger partial charge in [0.15, 0.2) is 5.78 Å². The fourth-order valence-corrected chi connectivity index (χ4v) is 2.67.